The molecule has 2 aromatic carbocycles. The number of fused-ring (bicyclic) bond motifs is 1. The third kappa shape index (κ3) is 4.10. The zero-order valence-corrected chi connectivity index (χ0v) is 17.5. The first kappa shape index (κ1) is 20.2. The molecule has 10 heteroatoms. The lowest BCUT2D eigenvalue weighted by Crippen LogP contribution is -2.34. The normalized spacial score (nSPS) is 11.7. The molecule has 4 rings (SSSR count). The Morgan fingerprint density at radius 3 is 2.57 bits per heavy atom. The maximum Gasteiger partial charge on any atom is 0.260 e. The van der Waals surface area contributed by atoms with E-state index in [1.807, 2.05) is 0 Å². The van der Waals surface area contributed by atoms with Crippen molar-refractivity contribution < 1.29 is 17.6 Å². The number of anilines is 1. The van der Waals surface area contributed by atoms with Gasteiger partial charge in [-0.15, -0.1) is 0 Å². The Balaban J connectivity index is 1.70. The van der Waals surface area contributed by atoms with Crippen LogP contribution < -0.4 is 4.90 Å². The maximum absolute atomic E-state index is 14.1. The molecule has 0 saturated carbocycles. The molecule has 0 aliphatic heterocycles. The molecule has 2 heterocycles. The van der Waals surface area contributed by atoms with Crippen LogP contribution in [0.2, 0.25) is 0 Å². The Kier molecular flexibility index (Phi) is 5.35. The highest BCUT2D eigenvalue weighted by atomic mass is 32.2. The topological polar surface area (TPSA) is 85.2 Å². The number of sulfone groups is 1. The molecule has 1 amide bonds. The summed E-state index contributed by atoms with van der Waals surface area (Å²) in [5.41, 5.74) is 0.518. The van der Waals surface area contributed by atoms with Crippen LogP contribution in [0.5, 0.6) is 0 Å². The molecule has 0 N–H and O–H groups in total. The number of thiazole rings is 1. The van der Waals surface area contributed by atoms with E-state index < -0.39 is 15.7 Å². The number of hydrogen-bond donors (Lipinski definition) is 0. The van der Waals surface area contributed by atoms with Crippen molar-refractivity contribution in [2.24, 2.45) is 0 Å². The maximum atomic E-state index is 14.1. The van der Waals surface area contributed by atoms with Crippen molar-refractivity contribution in [3.63, 3.8) is 0 Å². The molecule has 154 valence electrons. The summed E-state index contributed by atoms with van der Waals surface area (Å²) in [6.07, 6.45) is 4.53. The minimum atomic E-state index is -3.37. The van der Waals surface area contributed by atoms with Gasteiger partial charge in [-0.1, -0.05) is 17.4 Å². The number of nitrogens with zero attached hydrogens (tertiary/aromatic N) is 4. The van der Waals surface area contributed by atoms with Gasteiger partial charge < -0.3 is 0 Å². The van der Waals surface area contributed by atoms with Crippen LogP contribution in [0.3, 0.4) is 0 Å². The fourth-order valence-corrected chi connectivity index (χ4v) is 4.57. The van der Waals surface area contributed by atoms with Crippen LogP contribution in [0.4, 0.5) is 9.52 Å². The summed E-state index contributed by atoms with van der Waals surface area (Å²) in [5.74, 6) is -0.811. The highest BCUT2D eigenvalue weighted by Gasteiger charge is 2.22. The van der Waals surface area contributed by atoms with E-state index in [9.17, 15) is 17.6 Å². The van der Waals surface area contributed by atoms with Gasteiger partial charge >= 0.3 is 0 Å². The lowest BCUT2D eigenvalue weighted by Gasteiger charge is -2.20. The Bertz CT molecular complexity index is 1300. The molecule has 0 radical (unpaired) electrons. The van der Waals surface area contributed by atoms with Gasteiger partial charge in [-0.3, -0.25) is 14.4 Å². The first-order valence-corrected chi connectivity index (χ1v) is 11.7. The molecule has 4 aromatic rings. The number of rotatable bonds is 6. The van der Waals surface area contributed by atoms with Gasteiger partial charge in [-0.05, 0) is 42.5 Å². The summed E-state index contributed by atoms with van der Waals surface area (Å²) < 4.78 is 39.8. The number of benzene rings is 2. The summed E-state index contributed by atoms with van der Waals surface area (Å²) >= 11 is 1.22. The van der Waals surface area contributed by atoms with Crippen LogP contribution in [0.15, 0.2) is 65.8 Å². The van der Waals surface area contributed by atoms with Gasteiger partial charge in [-0.2, -0.15) is 5.10 Å². The average Bonchev–Trinajstić information content (AvgIpc) is 3.38. The largest absolute Gasteiger partial charge is 0.282 e. The van der Waals surface area contributed by atoms with Gasteiger partial charge in [0, 0.05) is 30.8 Å². The van der Waals surface area contributed by atoms with Crippen molar-refractivity contribution >= 4 is 42.4 Å². The standard InChI is InChI=1S/C20H17FN4O3S2/c1-30(27,28)15-8-6-14(7-9-15)19(26)25(13-12-24-11-3-10-22-24)20-23-18-16(21)4-2-5-17(18)29-20/h2-11H,12-13H2,1H3. The number of para-hydroxylation sites is 1. The van der Waals surface area contributed by atoms with Crippen LogP contribution in [0.25, 0.3) is 10.2 Å². The number of amides is 1. The van der Waals surface area contributed by atoms with Gasteiger partial charge in [-0.25, -0.2) is 17.8 Å². The molecule has 0 fully saturated rings. The van der Waals surface area contributed by atoms with E-state index in [2.05, 4.69) is 10.1 Å². The number of halogens is 1. The van der Waals surface area contributed by atoms with E-state index in [0.717, 1.165) is 6.26 Å². The summed E-state index contributed by atoms with van der Waals surface area (Å²) in [7, 11) is -3.37. The Morgan fingerprint density at radius 2 is 1.93 bits per heavy atom. The van der Waals surface area contributed by atoms with Gasteiger partial charge in [0.1, 0.15) is 11.3 Å². The van der Waals surface area contributed by atoms with E-state index in [-0.39, 0.29) is 22.9 Å². The van der Waals surface area contributed by atoms with Crippen molar-refractivity contribution in [3.05, 3.63) is 72.3 Å². The molecule has 2 aromatic heterocycles. The van der Waals surface area contributed by atoms with Gasteiger partial charge in [0.2, 0.25) is 0 Å². The smallest absolute Gasteiger partial charge is 0.260 e. The molecule has 0 bridgehead atoms. The third-order valence-corrected chi connectivity index (χ3v) is 6.65. The quantitative estimate of drug-likeness (QED) is 0.455. The lowest BCUT2D eigenvalue weighted by molar-refractivity contribution is 0.0985. The summed E-state index contributed by atoms with van der Waals surface area (Å²) in [4.78, 5) is 19.2. The molecule has 30 heavy (non-hydrogen) atoms. The predicted octanol–water partition coefficient (Wildman–Crippen LogP) is 3.38. The van der Waals surface area contributed by atoms with Crippen molar-refractivity contribution in [3.8, 4) is 0 Å². The number of hydrogen-bond acceptors (Lipinski definition) is 6. The molecular weight excluding hydrogens is 427 g/mol. The molecule has 0 spiro atoms. The monoisotopic (exact) mass is 444 g/mol. The number of carbonyl (C=O) groups excluding carboxylic acids is 1. The minimum absolute atomic E-state index is 0.129. The van der Waals surface area contributed by atoms with E-state index in [4.69, 9.17) is 0 Å². The Hall–Kier alpha value is -3.11. The van der Waals surface area contributed by atoms with Gasteiger partial charge in [0.25, 0.3) is 5.91 Å². The fraction of sp³-hybridized carbons (Fsp3) is 0.150. The van der Waals surface area contributed by atoms with E-state index in [0.29, 0.717) is 21.9 Å². The second-order valence-electron chi connectivity index (χ2n) is 6.61. The van der Waals surface area contributed by atoms with Crippen LogP contribution in [0, 0.1) is 5.82 Å². The molecule has 0 atom stereocenters. The Labute approximate surface area is 176 Å². The molecule has 0 unspecified atom stereocenters. The van der Waals surface area contributed by atoms with Crippen molar-refractivity contribution in [2.75, 3.05) is 17.7 Å². The molecule has 0 saturated heterocycles. The second kappa shape index (κ2) is 7.96. The van der Waals surface area contributed by atoms with E-state index >= 15 is 0 Å². The summed E-state index contributed by atoms with van der Waals surface area (Å²) in [6, 6.07) is 12.2. The number of aromatic nitrogens is 3. The molecule has 7 nitrogen and oxygen atoms in total. The lowest BCUT2D eigenvalue weighted by atomic mass is 10.2. The number of carbonyl (C=O) groups is 1. The zero-order chi connectivity index (χ0) is 21.3. The first-order chi connectivity index (χ1) is 14.3. The Morgan fingerprint density at radius 1 is 1.17 bits per heavy atom. The van der Waals surface area contributed by atoms with Gasteiger partial charge in [0.05, 0.1) is 16.1 Å². The summed E-state index contributed by atoms with van der Waals surface area (Å²) in [5, 5.41) is 4.51. The highest BCUT2D eigenvalue weighted by molar-refractivity contribution is 7.90. The van der Waals surface area contributed by atoms with Crippen molar-refractivity contribution in [2.45, 2.75) is 11.4 Å². The zero-order valence-electron chi connectivity index (χ0n) is 15.9. The van der Waals surface area contributed by atoms with Crippen molar-refractivity contribution in [1.82, 2.24) is 14.8 Å². The molecular formula is C20H17FN4O3S2. The average molecular weight is 445 g/mol. The van der Waals surface area contributed by atoms with Crippen LogP contribution in [0.1, 0.15) is 10.4 Å². The molecule has 0 aliphatic rings. The fourth-order valence-electron chi connectivity index (χ4n) is 2.94. The molecule has 0 aliphatic carbocycles. The first-order valence-electron chi connectivity index (χ1n) is 8.97. The summed E-state index contributed by atoms with van der Waals surface area (Å²) in [6.45, 7) is 0.675. The van der Waals surface area contributed by atoms with Gasteiger partial charge in [0.15, 0.2) is 15.0 Å². The van der Waals surface area contributed by atoms with Crippen molar-refractivity contribution in [1.29, 1.82) is 0 Å². The van der Waals surface area contributed by atoms with E-state index in [1.165, 1.54) is 46.6 Å². The van der Waals surface area contributed by atoms with Crippen LogP contribution >= 0.6 is 11.3 Å². The van der Waals surface area contributed by atoms with Crippen LogP contribution in [-0.2, 0) is 16.4 Å². The SMILES string of the molecule is CS(=O)(=O)c1ccc(C(=O)N(CCn2cccn2)c2nc3c(F)cccc3s2)cc1. The minimum Gasteiger partial charge on any atom is -0.282 e. The highest BCUT2D eigenvalue weighted by Crippen LogP contribution is 2.31. The van der Waals surface area contributed by atoms with E-state index in [1.54, 1.807) is 35.3 Å². The van der Waals surface area contributed by atoms with Crippen LogP contribution in [-0.4, -0.2) is 41.9 Å². The third-order valence-electron chi connectivity index (χ3n) is 4.48. The second-order valence-corrected chi connectivity index (χ2v) is 9.63. The predicted molar refractivity (Wildman–Crippen MR) is 113 cm³/mol.